The lowest BCUT2D eigenvalue weighted by Gasteiger charge is -2.30. The van der Waals surface area contributed by atoms with Crippen LogP contribution in [0.3, 0.4) is 0 Å². The van der Waals surface area contributed by atoms with E-state index in [2.05, 4.69) is 199 Å². The van der Waals surface area contributed by atoms with Crippen molar-refractivity contribution in [3.05, 3.63) is 229 Å². The molecule has 0 saturated heterocycles. The van der Waals surface area contributed by atoms with Crippen LogP contribution in [0.2, 0.25) is 0 Å². The Hall–Kier alpha value is -7.69. The molecule has 0 atom stereocenters. The van der Waals surface area contributed by atoms with Gasteiger partial charge >= 0.3 is 0 Å². The van der Waals surface area contributed by atoms with Crippen LogP contribution in [0.15, 0.2) is 206 Å². The van der Waals surface area contributed by atoms with E-state index in [4.69, 9.17) is 15.0 Å². The Labute approximate surface area is 336 Å². The van der Waals surface area contributed by atoms with Crippen LogP contribution < -0.4 is 0 Å². The Balaban J connectivity index is 1.10. The van der Waals surface area contributed by atoms with Crippen LogP contribution in [-0.4, -0.2) is 19.4 Å². The van der Waals surface area contributed by atoms with Crippen molar-refractivity contribution < 1.29 is 0 Å². The molecule has 0 amide bonds. The van der Waals surface area contributed by atoms with Crippen LogP contribution in [-0.2, 0) is 5.41 Å². The number of fused-ring (bicyclic) bond motifs is 11. The van der Waals surface area contributed by atoms with Crippen LogP contribution >= 0.6 is 0 Å². The molecule has 270 valence electrons. The molecule has 0 bridgehead atoms. The predicted octanol–water partition coefficient (Wildman–Crippen LogP) is 12.8. The monoisotopic (exact) mass is 738 g/mol. The molecule has 12 rings (SSSR count). The first-order valence-electron chi connectivity index (χ1n) is 19.8. The Kier molecular flexibility index (Phi) is 7.11. The van der Waals surface area contributed by atoms with E-state index < -0.39 is 5.41 Å². The number of pyridine rings is 1. The number of hydrogen-bond acceptors (Lipinski definition) is 3. The molecule has 7 aromatic carbocycles. The summed E-state index contributed by atoms with van der Waals surface area (Å²) in [5.41, 5.74) is 19.5. The summed E-state index contributed by atoms with van der Waals surface area (Å²) in [6.07, 6.45) is 2.08. The molecule has 4 heteroatoms. The standard InChI is InChI=1S/C54H34N4/c1-3-17-35(18-4-1)48-34-49(56-53(55-48)43-25-8-7-24-42(43)51-52(36-19-5-2-6-20-36)58-32-16-15-29-50(58)57-51)37-30-31-41-40-23-11-14-28-46(40)54(47(41)33-37)44-26-12-9-21-38(44)39-22-10-13-27-45(39)54/h1-34H. The fourth-order valence-corrected chi connectivity index (χ4v) is 9.67. The number of imidazole rings is 1. The van der Waals surface area contributed by atoms with E-state index in [9.17, 15) is 0 Å². The lowest BCUT2D eigenvalue weighted by Crippen LogP contribution is -2.25. The third-order valence-corrected chi connectivity index (χ3v) is 12.1. The average molecular weight is 739 g/mol. The first-order valence-corrected chi connectivity index (χ1v) is 19.8. The third-order valence-electron chi connectivity index (χ3n) is 12.1. The molecule has 2 aliphatic carbocycles. The molecule has 0 fully saturated rings. The molecule has 0 radical (unpaired) electrons. The zero-order valence-electron chi connectivity index (χ0n) is 31.4. The van der Waals surface area contributed by atoms with Gasteiger partial charge in [-0.15, -0.1) is 0 Å². The van der Waals surface area contributed by atoms with Gasteiger partial charge in [-0.05, 0) is 68.8 Å². The van der Waals surface area contributed by atoms with Crippen LogP contribution in [0.25, 0.3) is 84.3 Å². The summed E-state index contributed by atoms with van der Waals surface area (Å²) >= 11 is 0. The first-order chi connectivity index (χ1) is 28.8. The topological polar surface area (TPSA) is 43.1 Å². The van der Waals surface area contributed by atoms with Gasteiger partial charge in [0.1, 0.15) is 5.65 Å². The van der Waals surface area contributed by atoms with Gasteiger partial charge in [0.2, 0.25) is 0 Å². The summed E-state index contributed by atoms with van der Waals surface area (Å²) in [6.45, 7) is 0. The largest absolute Gasteiger partial charge is 0.299 e. The van der Waals surface area contributed by atoms with Gasteiger partial charge in [0.05, 0.1) is 28.2 Å². The van der Waals surface area contributed by atoms with Crippen molar-refractivity contribution in [2.24, 2.45) is 0 Å². The average Bonchev–Trinajstić information content (AvgIpc) is 3.94. The number of rotatable bonds is 5. The van der Waals surface area contributed by atoms with E-state index in [1.54, 1.807) is 0 Å². The van der Waals surface area contributed by atoms with E-state index >= 15 is 0 Å². The first kappa shape index (κ1) is 32.5. The maximum Gasteiger partial charge on any atom is 0.161 e. The van der Waals surface area contributed by atoms with Gasteiger partial charge in [0, 0.05) is 34.0 Å². The van der Waals surface area contributed by atoms with E-state index in [1.807, 2.05) is 12.1 Å². The minimum Gasteiger partial charge on any atom is -0.299 e. The van der Waals surface area contributed by atoms with E-state index in [0.29, 0.717) is 5.82 Å². The highest BCUT2D eigenvalue weighted by Gasteiger charge is 2.51. The maximum absolute atomic E-state index is 5.47. The number of nitrogens with zero attached hydrogens (tertiary/aromatic N) is 4. The molecular weight excluding hydrogens is 705 g/mol. The third kappa shape index (κ3) is 4.66. The summed E-state index contributed by atoms with van der Waals surface area (Å²) in [5, 5.41) is 0. The van der Waals surface area contributed by atoms with Crippen LogP contribution in [0, 0.1) is 0 Å². The Bertz CT molecular complexity index is 3170. The fourth-order valence-electron chi connectivity index (χ4n) is 9.67. The number of benzene rings is 7. The second-order valence-corrected chi connectivity index (χ2v) is 15.1. The lowest BCUT2D eigenvalue weighted by atomic mass is 9.70. The summed E-state index contributed by atoms with van der Waals surface area (Å²) in [5.74, 6) is 0.651. The molecule has 58 heavy (non-hydrogen) atoms. The molecule has 1 spiro atoms. The van der Waals surface area contributed by atoms with Gasteiger partial charge in [0.25, 0.3) is 0 Å². The lowest BCUT2D eigenvalue weighted by molar-refractivity contribution is 0.794. The SMILES string of the molecule is c1ccc(-c2cc(-c3ccc4c(c3)C3(c5ccccc5-c5ccccc53)c3ccccc3-4)nc(-c3ccccc3-c3nc4ccccn4c3-c3ccccc3)n2)cc1. The van der Waals surface area contributed by atoms with Crippen LogP contribution in [0.5, 0.6) is 0 Å². The minimum atomic E-state index is -0.448. The summed E-state index contributed by atoms with van der Waals surface area (Å²) in [6, 6.07) is 71.4. The molecule has 3 aromatic heterocycles. The Morgan fingerprint density at radius 2 is 0.845 bits per heavy atom. The van der Waals surface area contributed by atoms with Crippen molar-refractivity contribution >= 4 is 5.65 Å². The van der Waals surface area contributed by atoms with Crippen molar-refractivity contribution in [1.29, 1.82) is 0 Å². The number of hydrogen-bond donors (Lipinski definition) is 0. The molecule has 2 aliphatic rings. The highest BCUT2D eigenvalue weighted by atomic mass is 15.0. The highest BCUT2D eigenvalue weighted by molar-refractivity contribution is 5.96. The smallest absolute Gasteiger partial charge is 0.161 e. The van der Waals surface area contributed by atoms with E-state index in [0.717, 1.165) is 56.2 Å². The molecule has 0 unspecified atom stereocenters. The second kappa shape index (κ2) is 12.7. The zero-order valence-corrected chi connectivity index (χ0v) is 31.4. The summed E-state index contributed by atoms with van der Waals surface area (Å²) in [7, 11) is 0. The Morgan fingerprint density at radius 3 is 1.48 bits per heavy atom. The van der Waals surface area contributed by atoms with Crippen molar-refractivity contribution in [3.8, 4) is 78.7 Å². The quantitative estimate of drug-likeness (QED) is 0.177. The molecule has 3 heterocycles. The van der Waals surface area contributed by atoms with Gasteiger partial charge in [0.15, 0.2) is 5.82 Å². The van der Waals surface area contributed by atoms with E-state index in [1.165, 1.54) is 44.5 Å². The molecular formula is C54H34N4. The van der Waals surface area contributed by atoms with Crippen LogP contribution in [0.4, 0.5) is 0 Å². The predicted molar refractivity (Wildman–Crippen MR) is 234 cm³/mol. The van der Waals surface area contributed by atoms with E-state index in [-0.39, 0.29) is 0 Å². The van der Waals surface area contributed by atoms with Crippen molar-refractivity contribution in [3.63, 3.8) is 0 Å². The fraction of sp³-hybridized carbons (Fsp3) is 0.0185. The maximum atomic E-state index is 5.47. The molecule has 0 aliphatic heterocycles. The Morgan fingerprint density at radius 1 is 0.345 bits per heavy atom. The number of aromatic nitrogens is 4. The molecule has 4 nitrogen and oxygen atoms in total. The molecule has 0 N–H and O–H groups in total. The van der Waals surface area contributed by atoms with Gasteiger partial charge in [-0.25, -0.2) is 15.0 Å². The van der Waals surface area contributed by atoms with Crippen molar-refractivity contribution in [2.45, 2.75) is 5.41 Å². The highest BCUT2D eigenvalue weighted by Crippen LogP contribution is 2.63. The van der Waals surface area contributed by atoms with Crippen molar-refractivity contribution in [1.82, 2.24) is 19.4 Å². The summed E-state index contributed by atoms with van der Waals surface area (Å²) < 4.78 is 2.17. The zero-order chi connectivity index (χ0) is 38.2. The van der Waals surface area contributed by atoms with Gasteiger partial charge < -0.3 is 0 Å². The minimum absolute atomic E-state index is 0.448. The molecule has 10 aromatic rings. The van der Waals surface area contributed by atoms with Gasteiger partial charge in [-0.3, -0.25) is 4.40 Å². The van der Waals surface area contributed by atoms with Crippen molar-refractivity contribution in [2.75, 3.05) is 0 Å². The van der Waals surface area contributed by atoms with Gasteiger partial charge in [-0.2, -0.15) is 0 Å². The second-order valence-electron chi connectivity index (χ2n) is 15.1. The van der Waals surface area contributed by atoms with Crippen LogP contribution in [0.1, 0.15) is 22.3 Å². The summed E-state index contributed by atoms with van der Waals surface area (Å²) in [4.78, 5) is 16.1. The molecule has 0 saturated carbocycles. The van der Waals surface area contributed by atoms with Gasteiger partial charge in [-0.1, -0.05) is 176 Å². The normalized spacial score (nSPS) is 13.0.